The van der Waals surface area contributed by atoms with Gasteiger partial charge in [0.05, 0.1) is 11.6 Å². The number of fused-ring (bicyclic) bond motifs is 1. The quantitative estimate of drug-likeness (QED) is 0.277. The maximum absolute atomic E-state index is 14.6. The van der Waals surface area contributed by atoms with E-state index in [0.29, 0.717) is 54.2 Å². The molecule has 0 spiro atoms. The Kier molecular flexibility index (Phi) is 6.79. The van der Waals surface area contributed by atoms with Crippen molar-refractivity contribution in [2.45, 2.75) is 37.7 Å². The van der Waals surface area contributed by atoms with E-state index >= 15 is 0 Å². The number of benzene rings is 3. The number of rotatable bonds is 6. The molecule has 1 atom stereocenters. The van der Waals surface area contributed by atoms with Crippen LogP contribution in [-0.2, 0) is 17.5 Å². The molecule has 0 bridgehead atoms. The average Bonchev–Trinajstić information content (AvgIpc) is 3.51. The zero-order valence-electron chi connectivity index (χ0n) is 21.2. The van der Waals surface area contributed by atoms with Crippen LogP contribution < -0.4 is 4.74 Å². The van der Waals surface area contributed by atoms with Crippen molar-refractivity contribution in [2.24, 2.45) is 0 Å². The number of carbonyl (C=O) groups excluding carboxylic acids is 1. The second kappa shape index (κ2) is 10.4. The number of carbonyl (C=O) groups is 1. The Balaban J connectivity index is 1.45. The Morgan fingerprint density at radius 2 is 1.73 bits per heavy atom. The van der Waals surface area contributed by atoms with Crippen LogP contribution in [0.25, 0.3) is 11.3 Å². The van der Waals surface area contributed by atoms with Crippen LogP contribution in [-0.4, -0.2) is 40.3 Å². The summed E-state index contributed by atoms with van der Waals surface area (Å²) >= 11 is 0. The summed E-state index contributed by atoms with van der Waals surface area (Å²) < 4.78 is 66.1. The largest absolute Gasteiger partial charge is 0.488 e. The van der Waals surface area contributed by atoms with E-state index in [2.05, 4.69) is 10.2 Å². The first-order chi connectivity index (χ1) is 19.3. The van der Waals surface area contributed by atoms with E-state index in [0.717, 1.165) is 17.7 Å². The van der Waals surface area contributed by atoms with Crippen LogP contribution in [0.1, 0.15) is 51.6 Å². The lowest BCUT2D eigenvalue weighted by atomic mass is 9.93. The third-order valence-electron chi connectivity index (χ3n) is 7.38. The van der Waals surface area contributed by atoms with E-state index in [1.54, 1.807) is 4.90 Å². The topological polar surface area (TPSA) is 67.5 Å². The fourth-order valence-electron chi connectivity index (χ4n) is 5.44. The van der Waals surface area contributed by atoms with Gasteiger partial charge in [-0.3, -0.25) is 9.89 Å². The number of amides is 1. The van der Waals surface area contributed by atoms with Gasteiger partial charge in [0, 0.05) is 30.4 Å². The molecule has 2 aliphatic heterocycles. The molecule has 3 heterocycles. The van der Waals surface area contributed by atoms with E-state index in [4.69, 9.17) is 9.47 Å². The van der Waals surface area contributed by atoms with Crippen LogP contribution in [0.2, 0.25) is 0 Å². The van der Waals surface area contributed by atoms with Crippen molar-refractivity contribution >= 4 is 5.91 Å². The maximum atomic E-state index is 14.6. The lowest BCUT2D eigenvalue weighted by Gasteiger charge is -2.36. The molecule has 1 N–H and O–H groups in total. The number of nitrogens with zero attached hydrogens (tertiary/aromatic N) is 2. The average molecular weight is 552 g/mol. The number of alkyl halides is 3. The van der Waals surface area contributed by atoms with Crippen LogP contribution in [0, 0.1) is 5.82 Å². The molecule has 4 aromatic rings. The first kappa shape index (κ1) is 26.1. The number of halogens is 4. The van der Waals surface area contributed by atoms with Gasteiger partial charge in [-0.05, 0) is 54.3 Å². The van der Waals surface area contributed by atoms with E-state index in [9.17, 15) is 22.4 Å². The second-order valence-electron chi connectivity index (χ2n) is 9.85. The van der Waals surface area contributed by atoms with Gasteiger partial charge < -0.3 is 14.4 Å². The van der Waals surface area contributed by atoms with Crippen LogP contribution in [0.4, 0.5) is 17.6 Å². The van der Waals surface area contributed by atoms with Gasteiger partial charge in [0.1, 0.15) is 29.6 Å². The monoisotopic (exact) mass is 551 g/mol. The number of nitrogens with one attached hydrogen (secondary N) is 1. The van der Waals surface area contributed by atoms with Crippen LogP contribution in [0.3, 0.4) is 0 Å². The van der Waals surface area contributed by atoms with E-state index < -0.39 is 23.6 Å². The van der Waals surface area contributed by atoms with Crippen LogP contribution in [0.15, 0.2) is 72.8 Å². The number of H-pyrrole nitrogens is 1. The molecule has 40 heavy (non-hydrogen) atoms. The predicted octanol–water partition coefficient (Wildman–Crippen LogP) is 6.54. The Hall–Kier alpha value is -4.18. The molecule has 0 aliphatic carbocycles. The van der Waals surface area contributed by atoms with E-state index in [1.165, 1.54) is 30.3 Å². The molecule has 10 heteroatoms. The van der Waals surface area contributed by atoms with Gasteiger partial charge in [-0.15, -0.1) is 0 Å². The normalized spacial score (nSPS) is 17.8. The SMILES string of the molecule is O=C1c2[nH]nc(-c3cc(F)ccc3OCc3ccccc3)c2C(c2ccc(C(F)(F)F)cc2)N1C1CCOCC1. The van der Waals surface area contributed by atoms with Crippen molar-refractivity contribution in [3.8, 4) is 17.0 Å². The fraction of sp³-hybridized carbons (Fsp3) is 0.267. The molecule has 1 saturated heterocycles. The zero-order valence-corrected chi connectivity index (χ0v) is 21.2. The standard InChI is InChI=1S/C30H25F4N3O3/c31-21-10-11-24(40-17-18-4-2-1-3-5-18)23(16-21)26-25-27(36-35-26)29(38)37(22-12-14-39-15-13-22)28(25)19-6-8-20(9-7-19)30(32,33)34/h1-11,16,22,28H,12-15,17H2,(H,35,36). The molecule has 0 saturated carbocycles. The number of hydrogen-bond donors (Lipinski definition) is 1. The second-order valence-corrected chi connectivity index (χ2v) is 9.85. The highest BCUT2D eigenvalue weighted by atomic mass is 19.4. The summed E-state index contributed by atoms with van der Waals surface area (Å²) in [7, 11) is 0. The van der Waals surface area contributed by atoms with E-state index in [1.807, 2.05) is 30.3 Å². The first-order valence-electron chi connectivity index (χ1n) is 12.9. The summed E-state index contributed by atoms with van der Waals surface area (Å²) in [5.74, 6) is -0.466. The highest BCUT2D eigenvalue weighted by molar-refractivity contribution is 6.00. The number of aromatic nitrogens is 2. The van der Waals surface area contributed by atoms with Crippen LogP contribution in [0.5, 0.6) is 5.75 Å². The molecule has 1 unspecified atom stereocenters. The Bertz CT molecular complexity index is 1510. The summed E-state index contributed by atoms with van der Waals surface area (Å²) in [6.45, 7) is 1.16. The molecular weight excluding hydrogens is 526 g/mol. The van der Waals surface area contributed by atoms with E-state index in [-0.39, 0.29) is 24.2 Å². The molecule has 1 fully saturated rings. The van der Waals surface area contributed by atoms with Crippen molar-refractivity contribution in [2.75, 3.05) is 13.2 Å². The molecule has 1 amide bonds. The van der Waals surface area contributed by atoms with Gasteiger partial charge in [0.15, 0.2) is 0 Å². The third-order valence-corrected chi connectivity index (χ3v) is 7.38. The molecule has 6 rings (SSSR count). The maximum Gasteiger partial charge on any atom is 0.416 e. The Morgan fingerprint density at radius 3 is 2.42 bits per heavy atom. The number of ether oxygens (including phenoxy) is 2. The molecule has 1 aromatic heterocycles. The van der Waals surface area contributed by atoms with Crippen molar-refractivity contribution in [1.29, 1.82) is 0 Å². The van der Waals surface area contributed by atoms with Crippen molar-refractivity contribution in [3.63, 3.8) is 0 Å². The molecule has 0 radical (unpaired) electrons. The van der Waals surface area contributed by atoms with Crippen LogP contribution >= 0.6 is 0 Å². The van der Waals surface area contributed by atoms with Gasteiger partial charge in [-0.25, -0.2) is 4.39 Å². The summed E-state index contributed by atoms with van der Waals surface area (Å²) in [6.07, 6.45) is -3.33. The van der Waals surface area contributed by atoms with Gasteiger partial charge in [-0.2, -0.15) is 18.3 Å². The molecule has 206 valence electrons. The molecule has 6 nitrogen and oxygen atoms in total. The van der Waals surface area contributed by atoms with Gasteiger partial charge >= 0.3 is 6.18 Å². The minimum atomic E-state index is -4.50. The summed E-state index contributed by atoms with van der Waals surface area (Å²) in [5, 5.41) is 7.23. The highest BCUT2D eigenvalue weighted by Gasteiger charge is 2.46. The Labute approximate surface area is 227 Å². The smallest absolute Gasteiger partial charge is 0.416 e. The van der Waals surface area contributed by atoms with Crippen molar-refractivity contribution in [1.82, 2.24) is 15.1 Å². The van der Waals surface area contributed by atoms with Crippen molar-refractivity contribution < 1.29 is 31.8 Å². The fourth-order valence-corrected chi connectivity index (χ4v) is 5.44. The van der Waals surface area contributed by atoms with Gasteiger partial charge in [0.25, 0.3) is 5.91 Å². The first-order valence-corrected chi connectivity index (χ1v) is 12.9. The Morgan fingerprint density at radius 1 is 1.00 bits per heavy atom. The molecular formula is C30H25F4N3O3. The summed E-state index contributed by atoms with van der Waals surface area (Å²) in [5.41, 5.74) is 1.98. The summed E-state index contributed by atoms with van der Waals surface area (Å²) in [4.78, 5) is 15.4. The third kappa shape index (κ3) is 4.83. The lowest BCUT2D eigenvalue weighted by Crippen LogP contribution is -2.42. The lowest BCUT2D eigenvalue weighted by molar-refractivity contribution is -0.137. The van der Waals surface area contributed by atoms with Crippen molar-refractivity contribution in [3.05, 3.63) is 107 Å². The highest BCUT2D eigenvalue weighted by Crippen LogP contribution is 2.47. The molecule has 2 aliphatic rings. The molecule has 3 aromatic carbocycles. The van der Waals surface area contributed by atoms with Gasteiger partial charge in [-0.1, -0.05) is 42.5 Å². The number of hydrogen-bond acceptors (Lipinski definition) is 4. The van der Waals surface area contributed by atoms with Gasteiger partial charge in [0.2, 0.25) is 0 Å². The minimum Gasteiger partial charge on any atom is -0.488 e. The number of aromatic amines is 1. The minimum absolute atomic E-state index is 0.191. The predicted molar refractivity (Wildman–Crippen MR) is 138 cm³/mol. The zero-order chi connectivity index (χ0) is 27.9. The summed E-state index contributed by atoms with van der Waals surface area (Å²) in [6, 6.07) is 17.4.